The Morgan fingerprint density at radius 2 is 1.82 bits per heavy atom. The molecule has 7 heteroatoms. The molecule has 1 aromatic heterocycles. The number of hydrogen-bond donors (Lipinski definition) is 2. The van der Waals surface area contributed by atoms with Gasteiger partial charge >= 0.3 is 0 Å². The third kappa shape index (κ3) is 6.24. The number of carbonyl (C=O) groups is 2. The Bertz CT molecular complexity index is 1070. The minimum absolute atomic E-state index is 0.0481. The van der Waals surface area contributed by atoms with E-state index in [-0.39, 0.29) is 17.9 Å². The van der Waals surface area contributed by atoms with Crippen LogP contribution in [0.4, 0.5) is 0 Å². The summed E-state index contributed by atoms with van der Waals surface area (Å²) in [7, 11) is 1.66. The van der Waals surface area contributed by atoms with Crippen LogP contribution in [0.5, 0.6) is 5.75 Å². The van der Waals surface area contributed by atoms with Gasteiger partial charge in [0, 0.05) is 13.0 Å². The van der Waals surface area contributed by atoms with E-state index in [2.05, 4.69) is 21.6 Å². The van der Waals surface area contributed by atoms with Gasteiger partial charge in [0.05, 0.1) is 18.0 Å². The Morgan fingerprint density at radius 1 is 1.03 bits per heavy atom. The molecule has 0 radical (unpaired) electrons. The molecule has 2 heterocycles. The number of likely N-dealkylation sites (tertiary alicyclic amines) is 1. The maximum Gasteiger partial charge on any atom is 0.262 e. The van der Waals surface area contributed by atoms with E-state index in [9.17, 15) is 9.59 Å². The van der Waals surface area contributed by atoms with Gasteiger partial charge in [0.2, 0.25) is 5.91 Å². The Hall–Kier alpha value is -3.16. The zero-order valence-electron chi connectivity index (χ0n) is 19.4. The van der Waals surface area contributed by atoms with Crippen molar-refractivity contribution < 1.29 is 14.3 Å². The van der Waals surface area contributed by atoms with Gasteiger partial charge in [-0.3, -0.25) is 14.5 Å². The van der Waals surface area contributed by atoms with Crippen LogP contribution in [0, 0.1) is 0 Å². The van der Waals surface area contributed by atoms with E-state index in [1.165, 1.54) is 11.3 Å². The molecule has 6 nitrogen and oxygen atoms in total. The maximum absolute atomic E-state index is 13.4. The zero-order chi connectivity index (χ0) is 23.8. The van der Waals surface area contributed by atoms with Crippen molar-refractivity contribution in [2.75, 3.05) is 26.7 Å². The molecule has 1 saturated heterocycles. The van der Waals surface area contributed by atoms with Crippen molar-refractivity contribution >= 4 is 23.2 Å². The van der Waals surface area contributed by atoms with Crippen LogP contribution in [-0.4, -0.2) is 49.5 Å². The molecule has 2 N–H and O–H groups in total. The molecule has 178 valence electrons. The Balaban J connectivity index is 1.49. The Kier molecular flexibility index (Phi) is 8.33. The molecule has 0 spiro atoms. The second-order valence-electron chi connectivity index (χ2n) is 8.47. The van der Waals surface area contributed by atoms with Gasteiger partial charge in [0.15, 0.2) is 0 Å². The molecular formula is C27H31N3O3S. The summed E-state index contributed by atoms with van der Waals surface area (Å²) in [6, 6.07) is 20.8. The highest BCUT2D eigenvalue weighted by Gasteiger charge is 2.27. The van der Waals surface area contributed by atoms with E-state index in [1.54, 1.807) is 13.2 Å². The third-order valence-corrected chi connectivity index (χ3v) is 7.05. The van der Waals surface area contributed by atoms with Crippen LogP contribution in [0.15, 0.2) is 72.1 Å². The van der Waals surface area contributed by atoms with E-state index in [1.807, 2.05) is 60.0 Å². The van der Waals surface area contributed by atoms with Gasteiger partial charge in [-0.1, -0.05) is 48.5 Å². The summed E-state index contributed by atoms with van der Waals surface area (Å²) in [5.74, 6) is 0.397. The summed E-state index contributed by atoms with van der Waals surface area (Å²) in [4.78, 5) is 29.1. The van der Waals surface area contributed by atoms with Crippen molar-refractivity contribution in [2.45, 2.75) is 31.3 Å². The van der Waals surface area contributed by atoms with Gasteiger partial charge in [0.1, 0.15) is 11.8 Å². The summed E-state index contributed by atoms with van der Waals surface area (Å²) in [6.07, 6.45) is 2.74. The van der Waals surface area contributed by atoms with Crippen LogP contribution in [0.2, 0.25) is 0 Å². The molecule has 0 bridgehead atoms. The lowest BCUT2D eigenvalue weighted by atomic mass is 10.0. The lowest BCUT2D eigenvalue weighted by molar-refractivity contribution is -0.123. The number of hydrogen-bond acceptors (Lipinski definition) is 5. The predicted octanol–water partition coefficient (Wildman–Crippen LogP) is 4.05. The van der Waals surface area contributed by atoms with Crippen LogP contribution in [-0.2, 0) is 11.2 Å². The van der Waals surface area contributed by atoms with Gasteiger partial charge < -0.3 is 15.4 Å². The van der Waals surface area contributed by atoms with Crippen molar-refractivity contribution in [3.63, 3.8) is 0 Å². The third-order valence-electron chi connectivity index (χ3n) is 6.18. The largest absolute Gasteiger partial charge is 0.497 e. The smallest absolute Gasteiger partial charge is 0.262 e. The van der Waals surface area contributed by atoms with Gasteiger partial charge in [-0.25, -0.2) is 0 Å². The van der Waals surface area contributed by atoms with Crippen LogP contribution < -0.4 is 15.4 Å². The molecule has 2 amide bonds. The summed E-state index contributed by atoms with van der Waals surface area (Å²) in [5, 5.41) is 7.94. The van der Waals surface area contributed by atoms with E-state index in [4.69, 9.17) is 4.74 Å². The van der Waals surface area contributed by atoms with Crippen molar-refractivity contribution in [3.05, 3.63) is 88.1 Å². The van der Waals surface area contributed by atoms with Gasteiger partial charge in [-0.2, -0.15) is 0 Å². The molecule has 0 unspecified atom stereocenters. The van der Waals surface area contributed by atoms with Gasteiger partial charge in [-0.15, -0.1) is 11.3 Å². The average Bonchev–Trinajstić information content (AvgIpc) is 3.59. The molecule has 1 fully saturated rings. The molecule has 0 aliphatic carbocycles. The Morgan fingerprint density at radius 3 is 2.53 bits per heavy atom. The van der Waals surface area contributed by atoms with Crippen LogP contribution in [0.3, 0.4) is 0 Å². The first-order valence-corrected chi connectivity index (χ1v) is 12.6. The van der Waals surface area contributed by atoms with E-state index >= 15 is 0 Å². The number of benzene rings is 2. The number of ether oxygens (including phenoxy) is 1. The number of nitrogens with zero attached hydrogens (tertiary/aromatic N) is 1. The van der Waals surface area contributed by atoms with E-state index < -0.39 is 6.04 Å². The Labute approximate surface area is 204 Å². The molecule has 0 saturated carbocycles. The van der Waals surface area contributed by atoms with Crippen molar-refractivity contribution in [1.82, 2.24) is 15.5 Å². The summed E-state index contributed by atoms with van der Waals surface area (Å²) >= 11 is 1.36. The molecule has 3 aromatic rings. The summed E-state index contributed by atoms with van der Waals surface area (Å²) < 4.78 is 5.42. The lowest BCUT2D eigenvalue weighted by Gasteiger charge is -2.29. The highest BCUT2D eigenvalue weighted by molar-refractivity contribution is 7.12. The fourth-order valence-corrected chi connectivity index (χ4v) is 5.00. The molecule has 1 aliphatic heterocycles. The number of amides is 2. The van der Waals surface area contributed by atoms with E-state index in [0.29, 0.717) is 17.8 Å². The second kappa shape index (κ2) is 11.8. The molecule has 2 atom stereocenters. The fraction of sp³-hybridized carbons (Fsp3) is 0.333. The lowest BCUT2D eigenvalue weighted by Crippen LogP contribution is -2.49. The van der Waals surface area contributed by atoms with Gasteiger partial charge in [-0.05, 0) is 60.6 Å². The number of nitrogens with one attached hydrogen (secondary N) is 2. The standard InChI is InChI=1S/C27H31N3O3S/c1-33-22-12-7-11-21(18-22)24(30-14-5-6-15-30)19-28-26(31)23(17-20-9-3-2-4-10-20)29-27(32)25-13-8-16-34-25/h2-4,7-13,16,18,23-24H,5-6,14-15,17,19H2,1H3,(H,28,31)(H,29,32)/t23-,24+/m1/s1. The topological polar surface area (TPSA) is 70.7 Å². The first-order valence-electron chi connectivity index (χ1n) is 11.7. The average molecular weight is 478 g/mol. The zero-order valence-corrected chi connectivity index (χ0v) is 20.2. The minimum atomic E-state index is -0.665. The SMILES string of the molecule is COc1cccc([C@H](CNC(=O)[C@@H](Cc2ccccc2)NC(=O)c2cccs2)N2CCCC2)c1. The number of methoxy groups -OCH3 is 1. The molecular weight excluding hydrogens is 446 g/mol. The predicted molar refractivity (Wildman–Crippen MR) is 135 cm³/mol. The van der Waals surface area contributed by atoms with Crippen molar-refractivity contribution in [2.24, 2.45) is 0 Å². The molecule has 4 rings (SSSR count). The quantitative estimate of drug-likeness (QED) is 0.462. The summed E-state index contributed by atoms with van der Waals surface area (Å²) in [6.45, 7) is 2.47. The van der Waals surface area contributed by atoms with Crippen molar-refractivity contribution in [1.29, 1.82) is 0 Å². The molecule has 34 heavy (non-hydrogen) atoms. The molecule has 1 aliphatic rings. The van der Waals surface area contributed by atoms with Crippen LogP contribution >= 0.6 is 11.3 Å². The number of carbonyl (C=O) groups excluding carboxylic acids is 2. The van der Waals surface area contributed by atoms with Crippen LogP contribution in [0.25, 0.3) is 0 Å². The first kappa shape index (κ1) is 24.0. The fourth-order valence-electron chi connectivity index (χ4n) is 4.38. The second-order valence-corrected chi connectivity index (χ2v) is 9.42. The van der Waals surface area contributed by atoms with Crippen LogP contribution in [0.1, 0.15) is 39.7 Å². The normalized spacial score (nSPS) is 15.4. The first-order chi connectivity index (χ1) is 16.6. The minimum Gasteiger partial charge on any atom is -0.497 e. The number of rotatable bonds is 10. The van der Waals surface area contributed by atoms with Crippen molar-refractivity contribution in [3.8, 4) is 5.75 Å². The van der Waals surface area contributed by atoms with Gasteiger partial charge in [0.25, 0.3) is 5.91 Å². The highest BCUT2D eigenvalue weighted by Crippen LogP contribution is 2.27. The summed E-state index contributed by atoms with van der Waals surface area (Å²) in [5.41, 5.74) is 2.11. The van der Waals surface area contributed by atoms with E-state index in [0.717, 1.165) is 42.8 Å². The highest BCUT2D eigenvalue weighted by atomic mass is 32.1. The monoisotopic (exact) mass is 477 g/mol. The maximum atomic E-state index is 13.4. The molecule has 2 aromatic carbocycles. The number of thiophene rings is 1.